The van der Waals surface area contributed by atoms with E-state index in [9.17, 15) is 14.0 Å². The van der Waals surface area contributed by atoms with Gasteiger partial charge in [0.15, 0.2) is 5.65 Å². The number of anilines is 3. The number of nitrogens with one attached hydrogen (secondary N) is 3. The number of hydrogen-bond acceptors (Lipinski definition) is 7. The molecule has 0 aromatic carbocycles. The fraction of sp³-hybridized carbons (Fsp3) is 0.429. The molecule has 10 nitrogen and oxygen atoms in total. The van der Waals surface area contributed by atoms with Crippen LogP contribution in [-0.2, 0) is 4.74 Å². The Hall–Kier alpha value is -3.47. The van der Waals surface area contributed by atoms with Crippen LogP contribution in [0, 0.1) is 0 Å². The number of carbonyl (C=O) groups excluding carboxylic acids is 1. The highest BCUT2D eigenvalue weighted by Crippen LogP contribution is 2.26. The largest absolute Gasteiger partial charge is 0.379 e. The second-order valence-corrected chi connectivity index (χ2v) is 8.03. The van der Waals surface area contributed by atoms with Crippen LogP contribution >= 0.6 is 0 Å². The van der Waals surface area contributed by atoms with E-state index in [1.54, 1.807) is 36.0 Å². The van der Waals surface area contributed by atoms with E-state index in [-0.39, 0.29) is 17.2 Å². The zero-order valence-corrected chi connectivity index (χ0v) is 17.5. The van der Waals surface area contributed by atoms with Gasteiger partial charge in [-0.3, -0.25) is 9.59 Å². The molecule has 2 fully saturated rings. The highest BCUT2D eigenvalue weighted by Gasteiger charge is 2.39. The molecule has 0 spiro atoms. The first kappa shape index (κ1) is 20.4. The van der Waals surface area contributed by atoms with E-state index in [4.69, 9.17) is 4.74 Å². The number of amides is 1. The minimum atomic E-state index is -1.01. The molecule has 2 aliphatic rings. The predicted octanol–water partition coefficient (Wildman–Crippen LogP) is 1.87. The lowest BCUT2D eigenvalue weighted by molar-refractivity contribution is 0.0581. The van der Waals surface area contributed by atoms with E-state index in [2.05, 4.69) is 26.0 Å². The van der Waals surface area contributed by atoms with E-state index in [0.717, 1.165) is 12.8 Å². The van der Waals surface area contributed by atoms with Crippen LogP contribution < -0.4 is 21.5 Å². The molecule has 1 saturated carbocycles. The Morgan fingerprint density at radius 2 is 2.22 bits per heavy atom. The fourth-order valence-corrected chi connectivity index (χ4v) is 3.90. The second-order valence-electron chi connectivity index (χ2n) is 8.03. The summed E-state index contributed by atoms with van der Waals surface area (Å²) in [6.07, 6.45) is 4.27. The molecule has 3 N–H and O–H groups in total. The molecule has 0 unspecified atom stereocenters. The lowest BCUT2D eigenvalue weighted by Gasteiger charge is -2.24. The third-order valence-electron chi connectivity index (χ3n) is 5.77. The summed E-state index contributed by atoms with van der Waals surface area (Å²) in [4.78, 5) is 30.2. The quantitative estimate of drug-likeness (QED) is 0.535. The number of nitrogens with zero attached hydrogens (tertiary/aromatic N) is 4. The van der Waals surface area contributed by atoms with Crippen molar-refractivity contribution in [3.05, 3.63) is 46.5 Å². The first-order chi connectivity index (χ1) is 15.5. The number of pyridine rings is 1. The Labute approximate surface area is 182 Å². The van der Waals surface area contributed by atoms with Gasteiger partial charge >= 0.3 is 0 Å². The molecule has 3 atom stereocenters. The van der Waals surface area contributed by atoms with Gasteiger partial charge in [-0.05, 0) is 25.0 Å². The van der Waals surface area contributed by atoms with Gasteiger partial charge < -0.3 is 25.3 Å². The van der Waals surface area contributed by atoms with Crippen LogP contribution in [0.2, 0.25) is 0 Å². The predicted molar refractivity (Wildman–Crippen MR) is 116 cm³/mol. The van der Waals surface area contributed by atoms with Crippen LogP contribution in [0.3, 0.4) is 0 Å². The second kappa shape index (κ2) is 8.23. The summed E-state index contributed by atoms with van der Waals surface area (Å²) in [6, 6.07) is 4.71. The van der Waals surface area contributed by atoms with Gasteiger partial charge in [0, 0.05) is 32.3 Å². The Bertz CT molecular complexity index is 1220. The number of ether oxygens (including phenoxy) is 1. The average Bonchev–Trinajstić information content (AvgIpc) is 3.32. The van der Waals surface area contributed by atoms with Crippen LogP contribution in [-0.4, -0.2) is 57.5 Å². The summed E-state index contributed by atoms with van der Waals surface area (Å²) < 4.78 is 21.9. The first-order valence-corrected chi connectivity index (χ1v) is 10.6. The van der Waals surface area contributed by atoms with Crippen molar-refractivity contribution < 1.29 is 13.9 Å². The molecule has 5 rings (SSSR count). The maximum atomic E-state index is 13.2. The van der Waals surface area contributed by atoms with Gasteiger partial charge in [0.25, 0.3) is 11.5 Å². The molecule has 4 heterocycles. The summed E-state index contributed by atoms with van der Waals surface area (Å²) in [6.45, 7) is 1.22. The molecule has 1 aliphatic heterocycles. The summed E-state index contributed by atoms with van der Waals surface area (Å²) in [7, 11) is 1.72. The van der Waals surface area contributed by atoms with Crippen LogP contribution in [0.1, 0.15) is 35.7 Å². The Balaban J connectivity index is 1.47. The van der Waals surface area contributed by atoms with Crippen LogP contribution in [0.4, 0.5) is 21.7 Å². The summed E-state index contributed by atoms with van der Waals surface area (Å²) >= 11 is 0. The molecule has 1 aliphatic carbocycles. The maximum absolute atomic E-state index is 13.2. The smallest absolute Gasteiger partial charge is 0.274 e. The van der Waals surface area contributed by atoms with Crippen molar-refractivity contribution in [1.29, 1.82) is 0 Å². The topological polar surface area (TPSA) is 115 Å². The minimum absolute atomic E-state index is 0.00630. The summed E-state index contributed by atoms with van der Waals surface area (Å²) in [5.41, 5.74) is 0.713. The highest BCUT2D eigenvalue weighted by atomic mass is 19.1. The number of halogens is 1. The van der Waals surface area contributed by atoms with Crippen molar-refractivity contribution in [2.75, 3.05) is 30.9 Å². The third-order valence-corrected chi connectivity index (χ3v) is 5.77. The number of rotatable bonds is 6. The Kier molecular flexibility index (Phi) is 5.25. The van der Waals surface area contributed by atoms with Crippen molar-refractivity contribution in [3.63, 3.8) is 0 Å². The zero-order valence-electron chi connectivity index (χ0n) is 17.5. The fourth-order valence-electron chi connectivity index (χ4n) is 3.90. The Morgan fingerprint density at radius 1 is 1.38 bits per heavy atom. The Morgan fingerprint density at radius 3 is 2.94 bits per heavy atom. The first-order valence-electron chi connectivity index (χ1n) is 10.6. The number of carbonyl (C=O) groups is 1. The zero-order chi connectivity index (χ0) is 22.2. The van der Waals surface area contributed by atoms with E-state index in [1.807, 2.05) is 0 Å². The van der Waals surface area contributed by atoms with Crippen molar-refractivity contribution >= 4 is 28.9 Å². The molecular weight excluding hydrogens is 417 g/mol. The van der Waals surface area contributed by atoms with Gasteiger partial charge in [0.1, 0.15) is 29.1 Å². The molecule has 3 aromatic rings. The lowest BCUT2D eigenvalue weighted by Crippen LogP contribution is -2.31. The van der Waals surface area contributed by atoms with E-state index < -0.39 is 18.1 Å². The molecule has 0 radical (unpaired) electrons. The summed E-state index contributed by atoms with van der Waals surface area (Å²) in [5, 5.41) is 13.0. The van der Waals surface area contributed by atoms with Crippen LogP contribution in [0.15, 0.2) is 35.4 Å². The summed E-state index contributed by atoms with van der Waals surface area (Å²) in [5.74, 6) is 0.514. The van der Waals surface area contributed by atoms with Crippen LogP contribution in [0.5, 0.6) is 0 Å². The number of fused-ring (bicyclic) bond motifs is 1. The van der Waals surface area contributed by atoms with Gasteiger partial charge in [0.2, 0.25) is 0 Å². The van der Waals surface area contributed by atoms with E-state index >= 15 is 0 Å². The molecule has 11 heteroatoms. The number of alkyl halides is 1. The molecule has 3 aromatic heterocycles. The van der Waals surface area contributed by atoms with E-state index in [0.29, 0.717) is 42.6 Å². The third kappa shape index (κ3) is 3.79. The number of hydrogen-bond donors (Lipinski definition) is 3. The molecule has 1 saturated heterocycles. The van der Waals surface area contributed by atoms with Crippen molar-refractivity contribution in [1.82, 2.24) is 24.5 Å². The molecule has 168 valence electrons. The average molecular weight is 441 g/mol. The monoisotopic (exact) mass is 441 g/mol. The van der Waals surface area contributed by atoms with Gasteiger partial charge in [-0.25, -0.2) is 9.37 Å². The number of aromatic nitrogens is 4. The molecule has 1 amide bonds. The van der Waals surface area contributed by atoms with Crippen molar-refractivity contribution in [2.45, 2.75) is 37.5 Å². The minimum Gasteiger partial charge on any atom is -0.379 e. The van der Waals surface area contributed by atoms with Crippen LogP contribution in [0.25, 0.3) is 5.65 Å². The van der Waals surface area contributed by atoms with Crippen molar-refractivity contribution in [3.8, 4) is 0 Å². The standard InChI is InChI=1S/C21H24FN7O3/c1-23-18-9-17(25-15-5-2-6-28(21(15)31)12-4-3-7-32-11-12)27-19-13(10-24-29(18)19)20(30)26-16-8-14(16)22/h2,5-6,9-10,12,14,16,23H,3-4,7-8,11H2,1H3,(H,25,27)(H,26,30)/t12-,14+,16-/m1/s1. The molecule has 32 heavy (non-hydrogen) atoms. The van der Waals surface area contributed by atoms with Gasteiger partial charge in [-0.15, -0.1) is 0 Å². The van der Waals surface area contributed by atoms with Gasteiger partial charge in [-0.2, -0.15) is 9.61 Å². The van der Waals surface area contributed by atoms with Gasteiger partial charge in [-0.1, -0.05) is 0 Å². The van der Waals surface area contributed by atoms with E-state index in [1.165, 1.54) is 10.7 Å². The van der Waals surface area contributed by atoms with Crippen molar-refractivity contribution in [2.24, 2.45) is 0 Å². The van der Waals surface area contributed by atoms with Gasteiger partial charge in [0.05, 0.1) is 24.9 Å². The lowest BCUT2D eigenvalue weighted by atomic mass is 10.1. The normalized spacial score (nSPS) is 22.5. The highest BCUT2D eigenvalue weighted by molar-refractivity contribution is 6.00. The molecule has 0 bridgehead atoms. The maximum Gasteiger partial charge on any atom is 0.274 e. The molecular formula is C21H24FN7O3. The SMILES string of the molecule is CNc1cc(Nc2cccn([C@@H]3CCCOC3)c2=O)nc2c(C(=O)N[C@@H]3C[C@@H]3F)cnn12.